The standard InChI is InChI=1S/C21H17ClFN5O2/c22-16-3-1-2-15(10-16)12-28-13-18(11-24-28)25-21(29)20-8-9-27(26-20)14-30-19-6-4-17(23)5-7-19/h1-11,13H,12,14H2,(H,25,29). The first kappa shape index (κ1) is 19.7. The van der Waals surface area contributed by atoms with Gasteiger partial charge in [-0.2, -0.15) is 10.2 Å². The number of hydrogen-bond acceptors (Lipinski definition) is 4. The average molecular weight is 426 g/mol. The van der Waals surface area contributed by atoms with Crippen LogP contribution in [-0.4, -0.2) is 25.5 Å². The molecule has 0 aliphatic carbocycles. The minimum Gasteiger partial charge on any atom is -0.471 e. The van der Waals surface area contributed by atoms with Crippen LogP contribution in [0.25, 0.3) is 0 Å². The molecule has 4 aromatic rings. The molecule has 0 saturated carbocycles. The Labute approximate surface area is 176 Å². The number of benzene rings is 2. The highest BCUT2D eigenvalue weighted by molar-refractivity contribution is 6.30. The van der Waals surface area contributed by atoms with Gasteiger partial charge < -0.3 is 10.1 Å². The van der Waals surface area contributed by atoms with E-state index in [1.807, 2.05) is 24.3 Å². The molecule has 30 heavy (non-hydrogen) atoms. The summed E-state index contributed by atoms with van der Waals surface area (Å²) in [6, 6.07) is 14.7. The van der Waals surface area contributed by atoms with Crippen LogP contribution in [0, 0.1) is 5.82 Å². The highest BCUT2D eigenvalue weighted by Crippen LogP contribution is 2.14. The Morgan fingerprint density at radius 1 is 1.13 bits per heavy atom. The van der Waals surface area contributed by atoms with Crippen LogP contribution >= 0.6 is 11.6 Å². The molecule has 0 radical (unpaired) electrons. The molecule has 9 heteroatoms. The summed E-state index contributed by atoms with van der Waals surface area (Å²) < 4.78 is 21.6. The first-order chi connectivity index (χ1) is 14.5. The van der Waals surface area contributed by atoms with Crippen molar-refractivity contribution in [2.24, 2.45) is 0 Å². The maximum absolute atomic E-state index is 12.9. The lowest BCUT2D eigenvalue weighted by molar-refractivity contribution is 0.102. The third kappa shape index (κ3) is 5.03. The van der Waals surface area contributed by atoms with Crippen molar-refractivity contribution < 1.29 is 13.9 Å². The minimum absolute atomic E-state index is 0.0937. The third-order valence-electron chi connectivity index (χ3n) is 4.18. The molecule has 0 unspecified atom stereocenters. The molecule has 0 aliphatic heterocycles. The van der Waals surface area contributed by atoms with Gasteiger partial charge >= 0.3 is 0 Å². The van der Waals surface area contributed by atoms with Gasteiger partial charge in [0.2, 0.25) is 0 Å². The second-order valence-electron chi connectivity index (χ2n) is 6.48. The summed E-state index contributed by atoms with van der Waals surface area (Å²) in [6.07, 6.45) is 4.92. The van der Waals surface area contributed by atoms with Crippen LogP contribution in [0.4, 0.5) is 10.1 Å². The Morgan fingerprint density at radius 2 is 1.97 bits per heavy atom. The Hall–Kier alpha value is -3.65. The van der Waals surface area contributed by atoms with Gasteiger partial charge in [-0.1, -0.05) is 23.7 Å². The zero-order valence-corrected chi connectivity index (χ0v) is 16.5. The van der Waals surface area contributed by atoms with Crippen molar-refractivity contribution in [3.05, 3.63) is 95.3 Å². The van der Waals surface area contributed by atoms with Crippen LogP contribution in [0.2, 0.25) is 5.02 Å². The predicted octanol–water partition coefficient (Wildman–Crippen LogP) is 4.21. The molecular formula is C21H17ClFN5O2. The molecule has 4 rings (SSSR count). The Kier molecular flexibility index (Phi) is 5.76. The second kappa shape index (κ2) is 8.79. The molecule has 0 fully saturated rings. The number of amides is 1. The van der Waals surface area contributed by atoms with Crippen LogP contribution in [0.3, 0.4) is 0 Å². The van der Waals surface area contributed by atoms with Gasteiger partial charge in [-0.05, 0) is 48.0 Å². The highest BCUT2D eigenvalue weighted by atomic mass is 35.5. The van der Waals surface area contributed by atoms with Crippen LogP contribution in [0.1, 0.15) is 16.1 Å². The Morgan fingerprint density at radius 3 is 2.77 bits per heavy atom. The number of aromatic nitrogens is 4. The van der Waals surface area contributed by atoms with E-state index < -0.39 is 0 Å². The average Bonchev–Trinajstić information content (AvgIpc) is 3.37. The SMILES string of the molecule is O=C(Nc1cnn(Cc2cccc(Cl)c2)c1)c1ccn(COc2ccc(F)cc2)n1. The summed E-state index contributed by atoms with van der Waals surface area (Å²) in [7, 11) is 0. The number of carbonyl (C=O) groups is 1. The van der Waals surface area contributed by atoms with E-state index in [9.17, 15) is 9.18 Å². The minimum atomic E-state index is -0.363. The molecule has 7 nitrogen and oxygen atoms in total. The first-order valence-corrected chi connectivity index (χ1v) is 9.43. The first-order valence-electron chi connectivity index (χ1n) is 9.05. The number of hydrogen-bond donors (Lipinski definition) is 1. The van der Waals surface area contributed by atoms with Gasteiger partial charge in [-0.15, -0.1) is 0 Å². The molecule has 2 aromatic heterocycles. The van der Waals surface area contributed by atoms with Gasteiger partial charge in [-0.25, -0.2) is 9.07 Å². The van der Waals surface area contributed by atoms with E-state index in [0.717, 1.165) is 5.56 Å². The fourth-order valence-corrected chi connectivity index (χ4v) is 2.97. The van der Waals surface area contributed by atoms with E-state index >= 15 is 0 Å². The highest BCUT2D eigenvalue weighted by Gasteiger charge is 2.11. The van der Waals surface area contributed by atoms with E-state index in [-0.39, 0.29) is 24.1 Å². The van der Waals surface area contributed by atoms with Gasteiger partial charge in [0.05, 0.1) is 18.4 Å². The van der Waals surface area contributed by atoms with E-state index in [4.69, 9.17) is 16.3 Å². The van der Waals surface area contributed by atoms with Crippen molar-refractivity contribution in [3.8, 4) is 5.75 Å². The quantitative estimate of drug-likeness (QED) is 0.481. The number of ether oxygens (including phenoxy) is 1. The summed E-state index contributed by atoms with van der Waals surface area (Å²) >= 11 is 6.00. The molecule has 0 aliphatic rings. The molecule has 1 amide bonds. The summed E-state index contributed by atoms with van der Waals surface area (Å²) in [6.45, 7) is 0.627. The molecular weight excluding hydrogens is 409 g/mol. The molecule has 2 aromatic carbocycles. The molecule has 2 heterocycles. The fraction of sp³-hybridized carbons (Fsp3) is 0.0952. The summed E-state index contributed by atoms with van der Waals surface area (Å²) in [5, 5.41) is 11.9. The lowest BCUT2D eigenvalue weighted by Gasteiger charge is -2.05. The van der Waals surface area contributed by atoms with Gasteiger partial charge in [0, 0.05) is 17.4 Å². The summed E-state index contributed by atoms with van der Waals surface area (Å²) in [5.41, 5.74) is 1.79. The second-order valence-corrected chi connectivity index (χ2v) is 6.91. The maximum atomic E-state index is 12.9. The molecule has 152 valence electrons. The number of nitrogens with one attached hydrogen (secondary N) is 1. The van der Waals surface area contributed by atoms with Crippen molar-refractivity contribution in [1.29, 1.82) is 0 Å². The van der Waals surface area contributed by atoms with Gasteiger partial charge in [0.25, 0.3) is 5.91 Å². The van der Waals surface area contributed by atoms with Crippen molar-refractivity contribution in [2.45, 2.75) is 13.3 Å². The smallest absolute Gasteiger partial charge is 0.276 e. The molecule has 0 atom stereocenters. The van der Waals surface area contributed by atoms with Crippen LogP contribution in [0.5, 0.6) is 5.75 Å². The number of anilines is 1. The zero-order valence-electron chi connectivity index (χ0n) is 15.7. The van der Waals surface area contributed by atoms with Crippen LogP contribution in [0.15, 0.2) is 73.2 Å². The van der Waals surface area contributed by atoms with Crippen LogP contribution < -0.4 is 10.1 Å². The summed E-state index contributed by atoms with van der Waals surface area (Å²) in [4.78, 5) is 12.4. The molecule has 0 spiro atoms. The largest absolute Gasteiger partial charge is 0.471 e. The molecule has 0 bridgehead atoms. The van der Waals surface area contributed by atoms with Crippen molar-refractivity contribution in [2.75, 3.05) is 5.32 Å². The number of carbonyl (C=O) groups excluding carboxylic acids is 1. The van der Waals surface area contributed by atoms with Crippen LogP contribution in [-0.2, 0) is 13.3 Å². The summed E-state index contributed by atoms with van der Waals surface area (Å²) in [5.74, 6) is -0.195. The van der Waals surface area contributed by atoms with Crippen molar-refractivity contribution in [3.63, 3.8) is 0 Å². The fourth-order valence-electron chi connectivity index (χ4n) is 2.76. The van der Waals surface area contributed by atoms with E-state index in [1.54, 1.807) is 29.3 Å². The predicted molar refractivity (Wildman–Crippen MR) is 110 cm³/mol. The monoisotopic (exact) mass is 425 g/mol. The van der Waals surface area contributed by atoms with Gasteiger partial charge in [0.15, 0.2) is 12.4 Å². The Bertz CT molecular complexity index is 1160. The van der Waals surface area contributed by atoms with Crippen molar-refractivity contribution >= 4 is 23.2 Å². The third-order valence-corrected chi connectivity index (χ3v) is 4.41. The zero-order chi connectivity index (χ0) is 20.9. The normalized spacial score (nSPS) is 10.7. The topological polar surface area (TPSA) is 74.0 Å². The van der Waals surface area contributed by atoms with Gasteiger partial charge in [-0.3, -0.25) is 9.48 Å². The van der Waals surface area contributed by atoms with Gasteiger partial charge in [0.1, 0.15) is 11.6 Å². The Balaban J connectivity index is 1.33. The number of nitrogens with zero attached hydrogens (tertiary/aromatic N) is 4. The van der Waals surface area contributed by atoms with E-state index in [1.165, 1.54) is 28.9 Å². The van der Waals surface area contributed by atoms with Crippen molar-refractivity contribution in [1.82, 2.24) is 19.6 Å². The van der Waals surface area contributed by atoms with E-state index in [2.05, 4.69) is 15.5 Å². The number of rotatable bonds is 7. The van der Waals surface area contributed by atoms with E-state index in [0.29, 0.717) is 23.0 Å². The number of halogens is 2. The maximum Gasteiger partial charge on any atom is 0.276 e. The lowest BCUT2D eigenvalue weighted by Crippen LogP contribution is -2.14. The molecule has 1 N–H and O–H groups in total. The molecule has 0 saturated heterocycles. The lowest BCUT2D eigenvalue weighted by atomic mass is 10.2.